The molecule has 0 amide bonds. The Balaban J connectivity index is 1.74. The summed E-state index contributed by atoms with van der Waals surface area (Å²) in [6.07, 6.45) is 5.08. The summed E-state index contributed by atoms with van der Waals surface area (Å²) in [5.41, 5.74) is 5.46. The van der Waals surface area contributed by atoms with Crippen molar-refractivity contribution in [3.8, 4) is 6.07 Å². The van der Waals surface area contributed by atoms with Crippen LogP contribution in [0.2, 0.25) is 0 Å². The highest BCUT2D eigenvalue weighted by Crippen LogP contribution is 2.25. The Morgan fingerprint density at radius 3 is 2.95 bits per heavy atom. The average Bonchev–Trinajstić information content (AvgIpc) is 2.96. The van der Waals surface area contributed by atoms with E-state index in [0.29, 0.717) is 0 Å². The van der Waals surface area contributed by atoms with Crippen molar-refractivity contribution in [1.82, 2.24) is 9.88 Å². The van der Waals surface area contributed by atoms with Gasteiger partial charge in [-0.25, -0.2) is 0 Å². The third-order valence-electron chi connectivity index (χ3n) is 4.86. The number of nitrogens with zero attached hydrogens (tertiary/aromatic N) is 2. The molecule has 3 rings (SSSR count). The summed E-state index contributed by atoms with van der Waals surface area (Å²) in [4.78, 5) is 5.68. The molecule has 1 N–H and O–H groups in total. The van der Waals surface area contributed by atoms with Crippen LogP contribution < -0.4 is 0 Å². The molecule has 1 atom stereocenters. The van der Waals surface area contributed by atoms with Crippen molar-refractivity contribution in [3.05, 3.63) is 47.2 Å². The molecule has 0 bridgehead atoms. The molecule has 2 heterocycles. The number of benzene rings is 1. The molecule has 1 aromatic carbocycles. The maximum absolute atomic E-state index is 9.45. The molecule has 22 heavy (non-hydrogen) atoms. The topological polar surface area (TPSA) is 42.8 Å². The van der Waals surface area contributed by atoms with Crippen LogP contribution in [0.3, 0.4) is 0 Å². The van der Waals surface area contributed by atoms with E-state index in [4.69, 9.17) is 0 Å². The first kappa shape index (κ1) is 14.9. The zero-order valence-electron chi connectivity index (χ0n) is 13.4. The molecule has 1 aromatic heterocycles. The summed E-state index contributed by atoms with van der Waals surface area (Å²) in [5.74, 6) is 0. The first-order valence-electron chi connectivity index (χ1n) is 8.09. The molecule has 1 aliphatic heterocycles. The van der Waals surface area contributed by atoms with Crippen molar-refractivity contribution < 1.29 is 0 Å². The minimum atomic E-state index is 0.0282. The van der Waals surface area contributed by atoms with Gasteiger partial charge in [-0.2, -0.15) is 5.26 Å². The lowest BCUT2D eigenvalue weighted by Gasteiger charge is -2.33. The molecule has 0 spiro atoms. The van der Waals surface area contributed by atoms with Gasteiger partial charge in [0.25, 0.3) is 0 Å². The van der Waals surface area contributed by atoms with Crippen LogP contribution in [-0.2, 0) is 6.42 Å². The number of aromatic nitrogens is 1. The first-order chi connectivity index (χ1) is 10.7. The maximum Gasteiger partial charge on any atom is 0.102 e. The minimum Gasteiger partial charge on any atom is -0.361 e. The van der Waals surface area contributed by atoms with Crippen molar-refractivity contribution in [1.29, 1.82) is 5.26 Å². The predicted molar refractivity (Wildman–Crippen MR) is 90.6 cm³/mol. The Labute approximate surface area is 132 Å². The van der Waals surface area contributed by atoms with Gasteiger partial charge >= 0.3 is 0 Å². The average molecular weight is 293 g/mol. The van der Waals surface area contributed by atoms with Gasteiger partial charge in [0.2, 0.25) is 0 Å². The summed E-state index contributed by atoms with van der Waals surface area (Å²) in [7, 11) is 0. The van der Waals surface area contributed by atoms with Crippen molar-refractivity contribution >= 4 is 10.9 Å². The Bertz CT molecular complexity index is 732. The van der Waals surface area contributed by atoms with E-state index in [1.165, 1.54) is 27.6 Å². The van der Waals surface area contributed by atoms with Crippen LogP contribution in [0.15, 0.2) is 41.6 Å². The van der Waals surface area contributed by atoms with Gasteiger partial charge in [-0.1, -0.05) is 36.3 Å². The van der Waals surface area contributed by atoms with E-state index in [9.17, 15) is 5.26 Å². The Morgan fingerprint density at radius 2 is 2.18 bits per heavy atom. The number of para-hydroxylation sites is 1. The van der Waals surface area contributed by atoms with Crippen LogP contribution in [0.4, 0.5) is 0 Å². The molecular formula is C19H23N3. The van der Waals surface area contributed by atoms with E-state index in [0.717, 1.165) is 32.4 Å². The lowest BCUT2D eigenvalue weighted by atomic mass is 9.94. The molecule has 0 aliphatic carbocycles. The van der Waals surface area contributed by atoms with E-state index in [1.807, 2.05) is 0 Å². The van der Waals surface area contributed by atoms with E-state index in [-0.39, 0.29) is 6.04 Å². The summed E-state index contributed by atoms with van der Waals surface area (Å²) < 4.78 is 0. The van der Waals surface area contributed by atoms with Crippen LogP contribution in [0, 0.1) is 11.3 Å². The van der Waals surface area contributed by atoms with E-state index in [2.05, 4.69) is 60.3 Å². The van der Waals surface area contributed by atoms with Crippen LogP contribution >= 0.6 is 0 Å². The molecule has 1 aliphatic rings. The summed E-state index contributed by atoms with van der Waals surface area (Å²) in [6.45, 7) is 6.28. The molecule has 114 valence electrons. The molecule has 0 radical (unpaired) electrons. The number of hydrogen-bond donors (Lipinski definition) is 1. The highest BCUT2D eigenvalue weighted by atomic mass is 15.2. The fourth-order valence-corrected chi connectivity index (χ4v) is 3.43. The molecule has 3 heteroatoms. The summed E-state index contributed by atoms with van der Waals surface area (Å²) in [5, 5.41) is 10.7. The lowest BCUT2D eigenvalue weighted by molar-refractivity contribution is 0.238. The third kappa shape index (κ3) is 2.80. The smallest absolute Gasteiger partial charge is 0.102 e. The van der Waals surface area contributed by atoms with Crippen LogP contribution in [0.25, 0.3) is 10.9 Å². The van der Waals surface area contributed by atoms with Crippen LogP contribution in [0.5, 0.6) is 0 Å². The quantitative estimate of drug-likeness (QED) is 0.865. The van der Waals surface area contributed by atoms with Crippen molar-refractivity contribution in [3.63, 3.8) is 0 Å². The number of fused-ring (bicyclic) bond motifs is 1. The molecule has 0 unspecified atom stereocenters. The first-order valence-corrected chi connectivity index (χ1v) is 8.09. The minimum absolute atomic E-state index is 0.0282. The van der Waals surface area contributed by atoms with E-state index in [1.54, 1.807) is 0 Å². The molecule has 0 fully saturated rings. The second-order valence-electron chi connectivity index (χ2n) is 6.17. The molecule has 2 aromatic rings. The zero-order chi connectivity index (χ0) is 15.5. The number of aromatic amines is 1. The molecule has 0 saturated carbocycles. The van der Waals surface area contributed by atoms with Gasteiger partial charge in [0, 0.05) is 30.2 Å². The predicted octanol–water partition coefficient (Wildman–Crippen LogP) is 4.03. The number of hydrogen-bond acceptors (Lipinski definition) is 2. The Hall–Kier alpha value is -2.05. The highest BCUT2D eigenvalue weighted by molar-refractivity contribution is 5.83. The van der Waals surface area contributed by atoms with Gasteiger partial charge in [-0.05, 0) is 37.8 Å². The Kier molecular flexibility index (Phi) is 4.31. The Morgan fingerprint density at radius 1 is 1.36 bits per heavy atom. The monoisotopic (exact) mass is 293 g/mol. The fraction of sp³-hybridized carbons (Fsp3) is 0.421. The number of rotatable bonds is 4. The second-order valence-corrected chi connectivity index (χ2v) is 6.17. The van der Waals surface area contributed by atoms with Gasteiger partial charge in [0.05, 0.1) is 6.07 Å². The molecular weight excluding hydrogens is 270 g/mol. The number of nitriles is 1. The second kappa shape index (κ2) is 6.37. The van der Waals surface area contributed by atoms with Crippen molar-refractivity contribution in [2.45, 2.75) is 39.2 Å². The lowest BCUT2D eigenvalue weighted by Crippen LogP contribution is -2.40. The van der Waals surface area contributed by atoms with Crippen molar-refractivity contribution in [2.75, 3.05) is 13.1 Å². The van der Waals surface area contributed by atoms with E-state index >= 15 is 0 Å². The largest absolute Gasteiger partial charge is 0.361 e. The van der Waals surface area contributed by atoms with Gasteiger partial charge in [-0.15, -0.1) is 0 Å². The van der Waals surface area contributed by atoms with Gasteiger partial charge in [-0.3, -0.25) is 4.90 Å². The van der Waals surface area contributed by atoms with Crippen LogP contribution in [-0.4, -0.2) is 29.0 Å². The summed E-state index contributed by atoms with van der Waals surface area (Å²) in [6, 6.07) is 10.9. The molecule has 0 saturated heterocycles. The third-order valence-corrected chi connectivity index (χ3v) is 4.86. The van der Waals surface area contributed by atoms with Gasteiger partial charge in [0.15, 0.2) is 0 Å². The fourth-order valence-electron chi connectivity index (χ4n) is 3.43. The van der Waals surface area contributed by atoms with Gasteiger partial charge < -0.3 is 4.98 Å². The molecule has 3 nitrogen and oxygen atoms in total. The van der Waals surface area contributed by atoms with Crippen LogP contribution in [0.1, 0.15) is 32.3 Å². The highest BCUT2D eigenvalue weighted by Gasteiger charge is 2.25. The van der Waals surface area contributed by atoms with Gasteiger partial charge in [0.1, 0.15) is 6.04 Å². The van der Waals surface area contributed by atoms with E-state index < -0.39 is 0 Å². The zero-order valence-corrected chi connectivity index (χ0v) is 13.4. The normalized spacial score (nSPS) is 19.6. The summed E-state index contributed by atoms with van der Waals surface area (Å²) >= 11 is 0. The number of nitrogens with one attached hydrogen (secondary N) is 1. The SMILES string of the molecule is CCC1=C(C)C[C@@H](C#N)N(CCc2c[nH]c3ccccc23)C1. The van der Waals surface area contributed by atoms with Crippen molar-refractivity contribution in [2.24, 2.45) is 0 Å². The number of H-pyrrole nitrogens is 1. The standard InChI is InChI=1S/C19H23N3/c1-3-15-13-22(17(11-20)10-14(15)2)9-8-16-12-21-19-7-5-4-6-18(16)19/h4-7,12,17,21H,3,8-10,13H2,1-2H3/t17-/m0/s1. The maximum atomic E-state index is 9.45.